The van der Waals surface area contributed by atoms with Gasteiger partial charge in [-0.3, -0.25) is 4.79 Å². The maximum absolute atomic E-state index is 13.3. The quantitative estimate of drug-likeness (QED) is 0.866. The summed E-state index contributed by atoms with van der Waals surface area (Å²) in [7, 11) is 1.74. The Balaban J connectivity index is 2.10. The van der Waals surface area contributed by atoms with Crippen molar-refractivity contribution in [3.63, 3.8) is 0 Å². The van der Waals surface area contributed by atoms with Gasteiger partial charge >= 0.3 is 0 Å². The van der Waals surface area contributed by atoms with Crippen LogP contribution in [0.4, 0.5) is 10.1 Å². The van der Waals surface area contributed by atoms with Crippen molar-refractivity contribution in [2.45, 2.75) is 6.54 Å². The zero-order valence-electron chi connectivity index (χ0n) is 9.74. The van der Waals surface area contributed by atoms with Gasteiger partial charge in [-0.25, -0.2) is 9.37 Å². The molecule has 0 saturated heterocycles. The minimum Gasteiger partial charge on any atom is -0.434 e. The molecule has 0 atom stereocenters. The van der Waals surface area contributed by atoms with Gasteiger partial charge in [0.2, 0.25) is 11.7 Å². The molecule has 0 aliphatic carbocycles. The van der Waals surface area contributed by atoms with Gasteiger partial charge in [0, 0.05) is 0 Å². The smallest absolute Gasteiger partial charge is 0.293 e. The summed E-state index contributed by atoms with van der Waals surface area (Å²) >= 11 is 0. The number of hydrogen-bond acceptors (Lipinski definition) is 4. The average molecular weight is 249 g/mol. The number of anilines is 1. The Morgan fingerprint density at radius 1 is 1.44 bits per heavy atom. The van der Waals surface area contributed by atoms with Gasteiger partial charge in [0.05, 0.1) is 18.4 Å². The minimum atomic E-state index is -0.532. The molecule has 2 aromatic rings. The second kappa shape index (κ2) is 5.42. The number of nitrogens with one attached hydrogen (secondary N) is 2. The lowest BCUT2D eigenvalue weighted by Crippen LogP contribution is -2.12. The predicted octanol–water partition coefficient (Wildman–Crippen LogP) is 1.79. The lowest BCUT2D eigenvalue weighted by Gasteiger charge is -2.03. The molecule has 94 valence electrons. The fraction of sp³-hybridized carbons (Fsp3) is 0.167. The van der Waals surface area contributed by atoms with E-state index in [1.54, 1.807) is 19.2 Å². The van der Waals surface area contributed by atoms with Crippen LogP contribution in [0.15, 0.2) is 34.9 Å². The van der Waals surface area contributed by atoms with Gasteiger partial charge in [-0.05, 0) is 19.2 Å². The van der Waals surface area contributed by atoms with E-state index in [2.05, 4.69) is 15.6 Å². The second-order valence-corrected chi connectivity index (χ2v) is 3.58. The Labute approximate surface area is 103 Å². The van der Waals surface area contributed by atoms with E-state index in [0.29, 0.717) is 12.4 Å². The van der Waals surface area contributed by atoms with Crippen molar-refractivity contribution in [3.05, 3.63) is 47.9 Å². The van der Waals surface area contributed by atoms with Crippen LogP contribution in [0.25, 0.3) is 0 Å². The van der Waals surface area contributed by atoms with Gasteiger partial charge in [0.1, 0.15) is 5.82 Å². The summed E-state index contributed by atoms with van der Waals surface area (Å²) in [6, 6.07) is 5.91. The summed E-state index contributed by atoms with van der Waals surface area (Å²) in [5.41, 5.74) is 0.106. The van der Waals surface area contributed by atoms with Gasteiger partial charge in [-0.2, -0.15) is 0 Å². The number of hydrogen-bond donors (Lipinski definition) is 2. The van der Waals surface area contributed by atoms with Gasteiger partial charge in [0.25, 0.3) is 5.91 Å². The second-order valence-electron chi connectivity index (χ2n) is 3.58. The largest absolute Gasteiger partial charge is 0.434 e. The Kier molecular flexibility index (Phi) is 3.69. The maximum atomic E-state index is 13.3. The first-order valence-corrected chi connectivity index (χ1v) is 5.36. The topological polar surface area (TPSA) is 67.2 Å². The van der Waals surface area contributed by atoms with E-state index in [-0.39, 0.29) is 11.4 Å². The summed E-state index contributed by atoms with van der Waals surface area (Å²) in [6.07, 6.45) is 1.31. The Bertz CT molecular complexity index is 554. The number of carbonyl (C=O) groups excluding carboxylic acids is 1. The molecule has 0 spiro atoms. The zero-order chi connectivity index (χ0) is 13.0. The van der Waals surface area contributed by atoms with Crippen LogP contribution in [0.3, 0.4) is 0 Å². The third-order valence-electron chi connectivity index (χ3n) is 2.23. The molecule has 6 heteroatoms. The Morgan fingerprint density at radius 3 is 2.94 bits per heavy atom. The van der Waals surface area contributed by atoms with Crippen LogP contribution in [0.1, 0.15) is 16.4 Å². The predicted molar refractivity (Wildman–Crippen MR) is 63.6 cm³/mol. The van der Waals surface area contributed by atoms with Gasteiger partial charge in [-0.15, -0.1) is 0 Å². The average Bonchev–Trinajstić information content (AvgIpc) is 2.81. The monoisotopic (exact) mass is 249 g/mol. The lowest BCUT2D eigenvalue weighted by molar-refractivity contribution is 0.0994. The first-order valence-electron chi connectivity index (χ1n) is 5.36. The molecule has 0 radical (unpaired) electrons. The number of carbonyl (C=O) groups is 1. The van der Waals surface area contributed by atoms with Crippen LogP contribution < -0.4 is 10.6 Å². The highest BCUT2D eigenvalue weighted by atomic mass is 19.1. The number of nitrogens with zero attached hydrogens (tertiary/aromatic N) is 1. The SMILES string of the molecule is CNCc1ncc(C(=O)Nc2ccccc2F)o1. The van der Waals surface area contributed by atoms with Crippen LogP contribution in [0, 0.1) is 5.82 Å². The van der Waals surface area contributed by atoms with Crippen molar-refractivity contribution in [1.29, 1.82) is 0 Å². The van der Waals surface area contributed by atoms with E-state index in [9.17, 15) is 9.18 Å². The van der Waals surface area contributed by atoms with Gasteiger partial charge < -0.3 is 15.1 Å². The molecule has 2 rings (SSSR count). The molecule has 1 aromatic carbocycles. The van der Waals surface area contributed by atoms with Crippen molar-refractivity contribution >= 4 is 11.6 Å². The summed E-state index contributed by atoms with van der Waals surface area (Å²) in [5, 5.41) is 5.26. The van der Waals surface area contributed by atoms with Crippen molar-refractivity contribution in [3.8, 4) is 0 Å². The summed E-state index contributed by atoms with van der Waals surface area (Å²) < 4.78 is 18.5. The van der Waals surface area contributed by atoms with Gasteiger partial charge in [0.15, 0.2) is 0 Å². The molecule has 18 heavy (non-hydrogen) atoms. The van der Waals surface area contributed by atoms with E-state index in [4.69, 9.17) is 4.42 Å². The molecule has 0 unspecified atom stereocenters. The number of rotatable bonds is 4. The maximum Gasteiger partial charge on any atom is 0.293 e. The standard InChI is InChI=1S/C12H12FN3O2/c1-14-7-11-15-6-10(18-11)12(17)16-9-5-3-2-4-8(9)13/h2-6,14H,7H2,1H3,(H,16,17). The molecule has 0 saturated carbocycles. The third-order valence-corrected chi connectivity index (χ3v) is 2.23. The van der Waals surface area contributed by atoms with Gasteiger partial charge in [-0.1, -0.05) is 12.1 Å². The molecule has 1 heterocycles. The number of benzene rings is 1. The van der Waals surface area contributed by atoms with E-state index < -0.39 is 11.7 Å². The highest BCUT2D eigenvalue weighted by Crippen LogP contribution is 2.14. The molecular weight excluding hydrogens is 237 g/mol. The van der Waals surface area contributed by atoms with E-state index in [0.717, 1.165) is 0 Å². The molecule has 0 aliphatic rings. The molecule has 1 amide bonds. The van der Waals surface area contributed by atoms with Crippen molar-refractivity contribution in [2.75, 3.05) is 12.4 Å². The molecule has 1 aromatic heterocycles. The fourth-order valence-electron chi connectivity index (χ4n) is 1.39. The lowest BCUT2D eigenvalue weighted by atomic mass is 10.3. The summed E-state index contributed by atoms with van der Waals surface area (Å²) in [4.78, 5) is 15.7. The highest BCUT2D eigenvalue weighted by Gasteiger charge is 2.13. The van der Waals surface area contributed by atoms with E-state index in [1.807, 2.05) is 0 Å². The van der Waals surface area contributed by atoms with Crippen molar-refractivity contribution in [2.24, 2.45) is 0 Å². The zero-order valence-corrected chi connectivity index (χ0v) is 9.74. The number of oxazole rings is 1. The third kappa shape index (κ3) is 2.72. The summed E-state index contributed by atoms with van der Waals surface area (Å²) in [6.45, 7) is 0.424. The normalized spacial score (nSPS) is 10.3. The number of aromatic nitrogens is 1. The van der Waals surface area contributed by atoms with Crippen LogP contribution in [0.5, 0.6) is 0 Å². The molecule has 2 N–H and O–H groups in total. The minimum absolute atomic E-state index is 0.0449. The Hall–Kier alpha value is -2.21. The van der Waals surface area contributed by atoms with Crippen LogP contribution in [-0.4, -0.2) is 17.9 Å². The first kappa shape index (κ1) is 12.3. The molecule has 0 fully saturated rings. The molecule has 0 bridgehead atoms. The highest BCUT2D eigenvalue weighted by molar-refractivity contribution is 6.02. The number of amides is 1. The van der Waals surface area contributed by atoms with E-state index in [1.165, 1.54) is 18.3 Å². The van der Waals surface area contributed by atoms with E-state index >= 15 is 0 Å². The summed E-state index contributed by atoms with van der Waals surface area (Å²) in [5.74, 6) is -0.588. The number of halogens is 1. The number of para-hydroxylation sites is 1. The molecule has 0 aliphatic heterocycles. The van der Waals surface area contributed by atoms with Crippen LogP contribution >= 0.6 is 0 Å². The van der Waals surface area contributed by atoms with Crippen molar-refractivity contribution in [1.82, 2.24) is 10.3 Å². The first-order chi connectivity index (χ1) is 8.70. The molecule has 5 nitrogen and oxygen atoms in total. The van der Waals surface area contributed by atoms with Crippen LogP contribution in [-0.2, 0) is 6.54 Å². The fourth-order valence-corrected chi connectivity index (χ4v) is 1.39. The molecular formula is C12H12FN3O2. The Morgan fingerprint density at radius 2 is 2.22 bits per heavy atom. The van der Waals surface area contributed by atoms with Crippen molar-refractivity contribution < 1.29 is 13.6 Å². The van der Waals surface area contributed by atoms with Crippen LogP contribution in [0.2, 0.25) is 0 Å².